The average molecular weight is 447 g/mol. The Morgan fingerprint density at radius 3 is 2.64 bits per heavy atom. The first-order chi connectivity index (χ1) is 13.3. The summed E-state index contributed by atoms with van der Waals surface area (Å²) in [5.41, 5.74) is 0.422. The molecule has 0 radical (unpaired) electrons. The fourth-order valence-corrected chi connectivity index (χ4v) is 5.07. The Labute approximate surface area is 174 Å². The average Bonchev–Trinajstić information content (AvgIpc) is 3.10. The van der Waals surface area contributed by atoms with E-state index in [0.717, 1.165) is 28.5 Å². The number of benzene rings is 1. The Kier molecular flexibility index (Phi) is 8.11. The number of nitrogens with one attached hydrogen (secondary N) is 1. The van der Waals surface area contributed by atoms with Crippen molar-refractivity contribution < 1.29 is 22.7 Å². The van der Waals surface area contributed by atoms with Crippen molar-refractivity contribution in [1.29, 1.82) is 0 Å². The molecular formula is C18H23ClN2O5S2. The molecule has 0 aliphatic rings. The van der Waals surface area contributed by atoms with Gasteiger partial charge >= 0.3 is 0 Å². The number of ether oxygens (including phenoxy) is 2. The summed E-state index contributed by atoms with van der Waals surface area (Å²) in [6, 6.07) is 7.99. The summed E-state index contributed by atoms with van der Waals surface area (Å²) < 4.78 is 37.4. The monoisotopic (exact) mass is 446 g/mol. The van der Waals surface area contributed by atoms with Gasteiger partial charge in [-0.25, -0.2) is 8.42 Å². The van der Waals surface area contributed by atoms with Crippen molar-refractivity contribution in [2.75, 3.05) is 32.6 Å². The minimum Gasteiger partial charge on any atom is -0.497 e. The molecule has 0 saturated carbocycles. The zero-order chi connectivity index (χ0) is 20.7. The van der Waals surface area contributed by atoms with E-state index in [0.29, 0.717) is 28.1 Å². The number of carbonyl (C=O) groups is 1. The third-order valence-electron chi connectivity index (χ3n) is 3.80. The van der Waals surface area contributed by atoms with Crippen LogP contribution in [0.1, 0.15) is 19.8 Å². The van der Waals surface area contributed by atoms with Gasteiger partial charge in [-0.05, 0) is 30.7 Å². The number of nitrogens with zero attached hydrogens (tertiary/aromatic N) is 1. The first-order valence-electron chi connectivity index (χ1n) is 8.60. The number of sulfonamides is 1. The molecule has 0 atom stereocenters. The highest BCUT2D eigenvalue weighted by Crippen LogP contribution is 2.30. The first-order valence-corrected chi connectivity index (χ1v) is 11.2. The van der Waals surface area contributed by atoms with E-state index in [2.05, 4.69) is 12.2 Å². The lowest BCUT2D eigenvalue weighted by molar-refractivity contribution is -0.116. The van der Waals surface area contributed by atoms with Crippen LogP contribution in [0, 0.1) is 0 Å². The van der Waals surface area contributed by atoms with Gasteiger partial charge in [0.2, 0.25) is 5.91 Å². The Hall–Kier alpha value is -1.81. The maximum Gasteiger partial charge on any atom is 0.252 e. The Morgan fingerprint density at radius 2 is 2.04 bits per heavy atom. The van der Waals surface area contributed by atoms with Gasteiger partial charge in [-0.1, -0.05) is 24.9 Å². The van der Waals surface area contributed by atoms with Gasteiger partial charge in [0.15, 0.2) is 0 Å². The number of hydrogen-bond donors (Lipinski definition) is 1. The van der Waals surface area contributed by atoms with Crippen LogP contribution in [0.2, 0.25) is 4.34 Å². The summed E-state index contributed by atoms with van der Waals surface area (Å²) >= 11 is 6.75. The number of unbranched alkanes of at least 4 members (excludes halogenated alkanes) is 1. The fraction of sp³-hybridized carbons (Fsp3) is 0.389. The molecule has 2 rings (SSSR count). The molecule has 154 valence electrons. The third kappa shape index (κ3) is 5.84. The van der Waals surface area contributed by atoms with E-state index < -0.39 is 15.9 Å². The van der Waals surface area contributed by atoms with E-state index in [1.54, 1.807) is 18.2 Å². The molecule has 0 spiro atoms. The van der Waals surface area contributed by atoms with E-state index in [1.807, 2.05) is 0 Å². The van der Waals surface area contributed by atoms with Crippen LogP contribution in [0.15, 0.2) is 34.5 Å². The van der Waals surface area contributed by atoms with Crippen LogP contribution in [-0.4, -0.2) is 45.9 Å². The summed E-state index contributed by atoms with van der Waals surface area (Å²) in [5.74, 6) is 0.549. The van der Waals surface area contributed by atoms with Gasteiger partial charge in [0.25, 0.3) is 10.0 Å². The largest absolute Gasteiger partial charge is 0.497 e. The van der Waals surface area contributed by atoms with Gasteiger partial charge in [0.05, 0.1) is 30.3 Å². The number of rotatable bonds is 10. The quantitative estimate of drug-likeness (QED) is 0.560. The van der Waals surface area contributed by atoms with E-state index in [9.17, 15) is 13.2 Å². The number of amides is 1. The highest BCUT2D eigenvalue weighted by atomic mass is 35.5. The van der Waals surface area contributed by atoms with E-state index >= 15 is 0 Å². The van der Waals surface area contributed by atoms with E-state index in [4.69, 9.17) is 21.1 Å². The van der Waals surface area contributed by atoms with Crippen molar-refractivity contribution in [1.82, 2.24) is 4.31 Å². The topological polar surface area (TPSA) is 84.9 Å². The van der Waals surface area contributed by atoms with Crippen LogP contribution in [0.4, 0.5) is 5.69 Å². The first kappa shape index (κ1) is 22.5. The molecule has 1 amide bonds. The van der Waals surface area contributed by atoms with Gasteiger partial charge in [0.1, 0.15) is 15.7 Å². The van der Waals surface area contributed by atoms with E-state index in [1.165, 1.54) is 26.3 Å². The minimum absolute atomic E-state index is 0.0813. The maximum absolute atomic E-state index is 12.5. The Bertz CT molecular complexity index is 914. The third-order valence-corrected chi connectivity index (χ3v) is 7.30. The number of likely N-dealkylation sites (N-methyl/N-ethyl adjacent to an activating group) is 1. The lowest BCUT2D eigenvalue weighted by Crippen LogP contribution is -2.34. The molecule has 7 nitrogen and oxygen atoms in total. The second-order valence-electron chi connectivity index (χ2n) is 5.93. The molecule has 0 saturated heterocycles. The smallest absolute Gasteiger partial charge is 0.252 e. The molecule has 1 heterocycles. The maximum atomic E-state index is 12.5. The predicted molar refractivity (Wildman–Crippen MR) is 111 cm³/mol. The number of anilines is 1. The molecule has 1 N–H and O–H groups in total. The molecule has 0 fully saturated rings. The van der Waals surface area contributed by atoms with Crippen molar-refractivity contribution in [2.24, 2.45) is 0 Å². The van der Waals surface area contributed by atoms with Gasteiger partial charge < -0.3 is 14.8 Å². The number of hydrogen-bond acceptors (Lipinski definition) is 6. The number of thiophene rings is 1. The lowest BCUT2D eigenvalue weighted by atomic mass is 10.2. The fourth-order valence-electron chi connectivity index (χ4n) is 2.25. The van der Waals surface area contributed by atoms with Gasteiger partial charge in [-0.3, -0.25) is 4.79 Å². The zero-order valence-corrected chi connectivity index (χ0v) is 18.3. The highest BCUT2D eigenvalue weighted by Gasteiger charge is 2.25. The molecular weight excluding hydrogens is 424 g/mol. The Balaban J connectivity index is 2.11. The molecule has 1 aromatic heterocycles. The van der Waals surface area contributed by atoms with Crippen LogP contribution < -0.4 is 14.8 Å². The van der Waals surface area contributed by atoms with Crippen LogP contribution in [0.5, 0.6) is 11.5 Å². The molecule has 0 aliphatic carbocycles. The second kappa shape index (κ2) is 10.1. The number of methoxy groups -OCH3 is 1. The van der Waals surface area contributed by atoms with Crippen molar-refractivity contribution >= 4 is 44.6 Å². The summed E-state index contributed by atoms with van der Waals surface area (Å²) in [7, 11) is -0.936. The van der Waals surface area contributed by atoms with Crippen LogP contribution in [0.25, 0.3) is 0 Å². The second-order valence-corrected chi connectivity index (χ2v) is 9.92. The van der Waals surface area contributed by atoms with Crippen LogP contribution >= 0.6 is 22.9 Å². The van der Waals surface area contributed by atoms with Crippen molar-refractivity contribution in [3.05, 3.63) is 34.7 Å². The van der Waals surface area contributed by atoms with Gasteiger partial charge in [0, 0.05) is 13.1 Å². The summed E-state index contributed by atoms with van der Waals surface area (Å²) in [6.07, 6.45) is 1.86. The summed E-state index contributed by atoms with van der Waals surface area (Å²) in [6.45, 7) is 2.21. The standard InChI is InChI=1S/C18H23ClN2O5S2/c1-4-5-10-26-15-7-6-13(25-3)11-14(15)20-17(22)12-21(2)28(23,24)18-9-8-16(19)27-18/h6-9,11H,4-5,10,12H2,1-3H3,(H,20,22). The molecule has 0 bridgehead atoms. The van der Waals surface area contributed by atoms with Gasteiger partial charge in [-0.15, -0.1) is 11.3 Å². The lowest BCUT2D eigenvalue weighted by Gasteiger charge is -2.17. The van der Waals surface area contributed by atoms with Crippen LogP contribution in [-0.2, 0) is 14.8 Å². The highest BCUT2D eigenvalue weighted by molar-refractivity contribution is 7.91. The van der Waals surface area contributed by atoms with Crippen molar-refractivity contribution in [2.45, 2.75) is 24.0 Å². The van der Waals surface area contributed by atoms with Crippen molar-refractivity contribution in [3.8, 4) is 11.5 Å². The summed E-state index contributed by atoms with van der Waals surface area (Å²) in [4.78, 5) is 12.5. The molecule has 10 heteroatoms. The molecule has 0 unspecified atom stereocenters. The molecule has 2 aromatic rings. The van der Waals surface area contributed by atoms with Gasteiger partial charge in [-0.2, -0.15) is 4.31 Å². The van der Waals surface area contributed by atoms with Crippen LogP contribution in [0.3, 0.4) is 0 Å². The summed E-state index contributed by atoms with van der Waals surface area (Å²) in [5, 5.41) is 2.70. The minimum atomic E-state index is -3.80. The normalized spacial score (nSPS) is 11.5. The molecule has 1 aromatic carbocycles. The SMILES string of the molecule is CCCCOc1ccc(OC)cc1NC(=O)CN(C)S(=O)(=O)c1ccc(Cl)s1. The number of carbonyl (C=O) groups excluding carboxylic acids is 1. The molecule has 28 heavy (non-hydrogen) atoms. The molecule has 0 aliphatic heterocycles. The number of halogens is 1. The zero-order valence-electron chi connectivity index (χ0n) is 15.9. The van der Waals surface area contributed by atoms with Crippen molar-refractivity contribution in [3.63, 3.8) is 0 Å². The Morgan fingerprint density at radius 1 is 1.29 bits per heavy atom. The van der Waals surface area contributed by atoms with E-state index in [-0.39, 0.29) is 10.8 Å². The predicted octanol–water partition coefficient (Wildman–Crippen LogP) is 3.85.